The summed E-state index contributed by atoms with van der Waals surface area (Å²) in [4.78, 5) is 19.0. The second-order valence-corrected chi connectivity index (χ2v) is 6.12. The number of carbonyl (C=O) groups is 1. The number of aryl methyl sites for hydroxylation is 1. The molecule has 104 valence electrons. The zero-order chi connectivity index (χ0) is 14.1. The van der Waals surface area contributed by atoms with Crippen LogP contribution >= 0.6 is 11.3 Å². The van der Waals surface area contributed by atoms with Gasteiger partial charge in [0, 0.05) is 22.8 Å². The highest BCUT2D eigenvalue weighted by Gasteiger charge is 2.32. The predicted octanol–water partition coefficient (Wildman–Crippen LogP) is 3.32. The SMILES string of the molecule is Cc1cc(N(Cc2cccs2)C2CC2)c(C(=O)O)cn1. The number of pyridine rings is 1. The van der Waals surface area contributed by atoms with Gasteiger partial charge in [0.05, 0.1) is 12.2 Å². The molecule has 0 atom stereocenters. The van der Waals surface area contributed by atoms with E-state index in [4.69, 9.17) is 0 Å². The van der Waals surface area contributed by atoms with Gasteiger partial charge in [0.25, 0.3) is 0 Å². The van der Waals surface area contributed by atoms with Crippen LogP contribution in [0.5, 0.6) is 0 Å². The molecule has 3 rings (SSSR count). The maximum Gasteiger partial charge on any atom is 0.339 e. The minimum atomic E-state index is -0.913. The van der Waals surface area contributed by atoms with Crippen molar-refractivity contribution in [2.75, 3.05) is 4.90 Å². The molecule has 20 heavy (non-hydrogen) atoms. The Kier molecular flexibility index (Phi) is 3.44. The molecule has 0 amide bonds. The highest BCUT2D eigenvalue weighted by molar-refractivity contribution is 7.09. The zero-order valence-electron chi connectivity index (χ0n) is 11.2. The highest BCUT2D eigenvalue weighted by atomic mass is 32.1. The van der Waals surface area contributed by atoms with E-state index in [0.717, 1.165) is 30.8 Å². The van der Waals surface area contributed by atoms with Crippen molar-refractivity contribution in [1.29, 1.82) is 0 Å². The molecule has 2 heterocycles. The van der Waals surface area contributed by atoms with Crippen LogP contribution in [0.2, 0.25) is 0 Å². The van der Waals surface area contributed by atoms with Gasteiger partial charge in [-0.25, -0.2) is 4.79 Å². The van der Waals surface area contributed by atoms with Gasteiger partial charge >= 0.3 is 5.97 Å². The first kappa shape index (κ1) is 13.1. The van der Waals surface area contributed by atoms with E-state index in [0.29, 0.717) is 11.6 Å². The fraction of sp³-hybridized carbons (Fsp3) is 0.333. The van der Waals surface area contributed by atoms with Gasteiger partial charge in [-0.3, -0.25) is 4.98 Å². The Morgan fingerprint density at radius 3 is 2.95 bits per heavy atom. The first-order valence-corrected chi connectivity index (χ1v) is 7.52. The van der Waals surface area contributed by atoms with Gasteiger partial charge in [0.1, 0.15) is 5.56 Å². The summed E-state index contributed by atoms with van der Waals surface area (Å²) in [6.07, 6.45) is 3.73. The Labute approximate surface area is 121 Å². The van der Waals surface area contributed by atoms with E-state index in [2.05, 4.69) is 21.3 Å². The second kappa shape index (κ2) is 5.25. The molecule has 2 aromatic heterocycles. The van der Waals surface area contributed by atoms with Crippen molar-refractivity contribution in [3.8, 4) is 0 Å². The first-order valence-electron chi connectivity index (χ1n) is 6.64. The lowest BCUT2D eigenvalue weighted by Gasteiger charge is -2.25. The molecule has 0 unspecified atom stereocenters. The summed E-state index contributed by atoms with van der Waals surface area (Å²) in [6, 6.07) is 6.46. The molecule has 1 aliphatic rings. The number of anilines is 1. The molecule has 0 spiro atoms. The van der Waals surface area contributed by atoms with Gasteiger partial charge in [0.2, 0.25) is 0 Å². The molecule has 2 aromatic rings. The predicted molar refractivity (Wildman–Crippen MR) is 79.5 cm³/mol. The van der Waals surface area contributed by atoms with Crippen molar-refractivity contribution < 1.29 is 9.90 Å². The van der Waals surface area contributed by atoms with Crippen LogP contribution in [0, 0.1) is 6.92 Å². The van der Waals surface area contributed by atoms with Crippen LogP contribution in [0.15, 0.2) is 29.8 Å². The molecule has 1 N–H and O–H groups in total. The molecule has 0 bridgehead atoms. The third kappa shape index (κ3) is 2.67. The number of thiophene rings is 1. The van der Waals surface area contributed by atoms with Gasteiger partial charge in [-0.2, -0.15) is 0 Å². The third-order valence-corrected chi connectivity index (χ3v) is 4.31. The minimum Gasteiger partial charge on any atom is -0.478 e. The Hall–Kier alpha value is -1.88. The monoisotopic (exact) mass is 288 g/mol. The maximum atomic E-state index is 11.4. The van der Waals surface area contributed by atoms with Crippen molar-refractivity contribution in [2.24, 2.45) is 0 Å². The Morgan fingerprint density at radius 2 is 2.35 bits per heavy atom. The van der Waals surface area contributed by atoms with Crippen molar-refractivity contribution in [3.05, 3.63) is 45.9 Å². The topological polar surface area (TPSA) is 53.4 Å². The average Bonchev–Trinajstić information content (AvgIpc) is 3.12. The van der Waals surface area contributed by atoms with Gasteiger partial charge in [-0.15, -0.1) is 11.3 Å². The van der Waals surface area contributed by atoms with E-state index in [-0.39, 0.29) is 0 Å². The van der Waals surface area contributed by atoms with Crippen molar-refractivity contribution >= 4 is 23.0 Å². The lowest BCUT2D eigenvalue weighted by molar-refractivity contribution is 0.0697. The minimum absolute atomic E-state index is 0.291. The summed E-state index contributed by atoms with van der Waals surface area (Å²) in [5.74, 6) is -0.913. The second-order valence-electron chi connectivity index (χ2n) is 5.09. The lowest BCUT2D eigenvalue weighted by atomic mass is 10.1. The molecule has 0 aliphatic heterocycles. The molecule has 0 saturated heterocycles. The number of hydrogen-bond donors (Lipinski definition) is 1. The van der Waals surface area contributed by atoms with Crippen LogP contribution in [-0.2, 0) is 6.54 Å². The van der Waals surface area contributed by atoms with Crippen molar-refractivity contribution in [2.45, 2.75) is 32.4 Å². The van der Waals surface area contributed by atoms with E-state index in [1.807, 2.05) is 19.1 Å². The fourth-order valence-corrected chi connectivity index (χ4v) is 3.02. The van der Waals surface area contributed by atoms with E-state index in [1.54, 1.807) is 11.3 Å². The Bertz CT molecular complexity index is 621. The molecule has 5 heteroatoms. The van der Waals surface area contributed by atoms with Crippen LogP contribution in [0.1, 0.15) is 33.8 Å². The summed E-state index contributed by atoms with van der Waals surface area (Å²) in [5.41, 5.74) is 1.93. The van der Waals surface area contributed by atoms with E-state index >= 15 is 0 Å². The molecular weight excluding hydrogens is 272 g/mol. The highest BCUT2D eigenvalue weighted by Crippen LogP contribution is 2.35. The summed E-state index contributed by atoms with van der Waals surface area (Å²) < 4.78 is 0. The first-order chi connectivity index (χ1) is 9.65. The van der Waals surface area contributed by atoms with E-state index in [1.165, 1.54) is 11.1 Å². The molecule has 0 radical (unpaired) electrons. The quantitative estimate of drug-likeness (QED) is 0.917. The Morgan fingerprint density at radius 1 is 1.55 bits per heavy atom. The van der Waals surface area contributed by atoms with E-state index < -0.39 is 5.97 Å². The van der Waals surface area contributed by atoms with Crippen molar-refractivity contribution in [1.82, 2.24) is 4.98 Å². The normalized spacial score (nSPS) is 14.2. The van der Waals surface area contributed by atoms with Gasteiger partial charge < -0.3 is 10.0 Å². The van der Waals surface area contributed by atoms with Crippen LogP contribution in [0.25, 0.3) is 0 Å². The van der Waals surface area contributed by atoms with Crippen molar-refractivity contribution in [3.63, 3.8) is 0 Å². The van der Waals surface area contributed by atoms with Gasteiger partial charge in [0.15, 0.2) is 0 Å². The van der Waals surface area contributed by atoms with E-state index in [9.17, 15) is 9.90 Å². The van der Waals surface area contributed by atoms with Crippen LogP contribution < -0.4 is 4.90 Å². The number of nitrogens with zero attached hydrogens (tertiary/aromatic N) is 2. The number of carboxylic acids is 1. The third-order valence-electron chi connectivity index (χ3n) is 3.45. The summed E-state index contributed by atoms with van der Waals surface area (Å²) >= 11 is 1.70. The smallest absolute Gasteiger partial charge is 0.339 e. The molecular formula is C15H16N2O2S. The number of rotatable bonds is 5. The largest absolute Gasteiger partial charge is 0.478 e. The molecule has 1 saturated carbocycles. The van der Waals surface area contributed by atoms with Crippen LogP contribution in [0.4, 0.5) is 5.69 Å². The molecule has 4 nitrogen and oxygen atoms in total. The van der Waals surface area contributed by atoms with Gasteiger partial charge in [-0.1, -0.05) is 6.07 Å². The maximum absolute atomic E-state index is 11.4. The number of aromatic nitrogens is 1. The van der Waals surface area contributed by atoms with Crippen LogP contribution in [0.3, 0.4) is 0 Å². The summed E-state index contributed by atoms with van der Waals surface area (Å²) in [5, 5.41) is 11.4. The molecule has 1 aliphatic carbocycles. The number of carboxylic acid groups (broad SMARTS) is 1. The van der Waals surface area contributed by atoms with Gasteiger partial charge in [-0.05, 0) is 37.3 Å². The Balaban J connectivity index is 1.98. The van der Waals surface area contributed by atoms with Crippen LogP contribution in [-0.4, -0.2) is 22.1 Å². The molecule has 1 fully saturated rings. The molecule has 0 aromatic carbocycles. The number of hydrogen-bond acceptors (Lipinski definition) is 4. The average molecular weight is 288 g/mol. The zero-order valence-corrected chi connectivity index (χ0v) is 12.1. The fourth-order valence-electron chi connectivity index (χ4n) is 2.32. The summed E-state index contributed by atoms with van der Waals surface area (Å²) in [6.45, 7) is 2.66. The summed E-state index contributed by atoms with van der Waals surface area (Å²) in [7, 11) is 0. The standard InChI is InChI=1S/C15H16N2O2S/c1-10-7-14(13(8-16-10)15(18)19)17(11-4-5-11)9-12-3-2-6-20-12/h2-3,6-8,11H,4-5,9H2,1H3,(H,18,19). The lowest BCUT2D eigenvalue weighted by Crippen LogP contribution is -2.26. The number of aromatic carboxylic acids is 1.